The molecule has 4 rings (SSSR count). The third-order valence-electron chi connectivity index (χ3n) is 5.69. The number of methoxy groups -OCH3 is 1. The van der Waals surface area contributed by atoms with E-state index in [1.165, 1.54) is 12.7 Å². The number of anilines is 1. The van der Waals surface area contributed by atoms with Crippen LogP contribution in [0.15, 0.2) is 65.6 Å². The van der Waals surface area contributed by atoms with Gasteiger partial charge in [-0.25, -0.2) is 0 Å². The van der Waals surface area contributed by atoms with Crippen molar-refractivity contribution in [3.05, 3.63) is 92.3 Å². The van der Waals surface area contributed by atoms with Gasteiger partial charge in [0.2, 0.25) is 0 Å². The Morgan fingerprint density at radius 1 is 0.974 bits per heavy atom. The zero-order chi connectivity index (χ0) is 27.2. The number of rotatable bonds is 9. The van der Waals surface area contributed by atoms with Crippen molar-refractivity contribution in [2.24, 2.45) is 0 Å². The molecule has 0 bridgehead atoms. The molecule has 0 radical (unpaired) electrons. The number of thioether (sulfide) groups is 1. The summed E-state index contributed by atoms with van der Waals surface area (Å²) in [7, 11) is 1.48. The number of halogens is 2. The van der Waals surface area contributed by atoms with Gasteiger partial charge in [0.05, 0.1) is 28.6 Å². The molecule has 3 amide bonds. The molecule has 196 valence electrons. The molecule has 3 aromatic carbocycles. The highest BCUT2D eigenvalue weighted by Crippen LogP contribution is 2.36. The lowest BCUT2D eigenvalue weighted by atomic mass is 10.1. The van der Waals surface area contributed by atoms with Crippen molar-refractivity contribution in [1.29, 1.82) is 0 Å². The van der Waals surface area contributed by atoms with E-state index in [0.717, 1.165) is 23.1 Å². The Morgan fingerprint density at radius 2 is 1.71 bits per heavy atom. The van der Waals surface area contributed by atoms with Crippen LogP contribution in [-0.2, 0) is 22.6 Å². The Balaban J connectivity index is 1.40. The van der Waals surface area contributed by atoms with Crippen molar-refractivity contribution in [3.8, 4) is 11.5 Å². The first kappa shape index (κ1) is 27.6. The molecule has 0 atom stereocenters. The standard InChI is InChI=1S/C28H24Cl2N2O5S/c1-3-17-4-8-20(9-5-17)31-26(33)16-37-23-11-7-18(13-24(23)36-2)14-25-27(34)32(28(35)38-25)15-19-6-10-21(29)22(30)12-19/h4-14H,3,15-16H2,1-2H3,(H,31,33)/b25-14-. The number of aryl methyl sites for hydroxylation is 1. The van der Waals surface area contributed by atoms with Gasteiger partial charge in [0, 0.05) is 5.69 Å². The van der Waals surface area contributed by atoms with Crippen molar-refractivity contribution < 1.29 is 23.9 Å². The lowest BCUT2D eigenvalue weighted by molar-refractivity contribution is -0.123. The van der Waals surface area contributed by atoms with Crippen molar-refractivity contribution in [2.45, 2.75) is 19.9 Å². The maximum atomic E-state index is 12.9. The van der Waals surface area contributed by atoms with Crippen LogP contribution in [0.25, 0.3) is 6.08 Å². The van der Waals surface area contributed by atoms with E-state index in [-0.39, 0.29) is 29.2 Å². The average molecular weight is 571 g/mol. The molecule has 0 saturated carbocycles. The molecule has 0 aromatic heterocycles. The molecule has 7 nitrogen and oxygen atoms in total. The Kier molecular flexibility index (Phi) is 8.99. The number of amides is 3. The molecule has 10 heteroatoms. The molecule has 1 aliphatic heterocycles. The van der Waals surface area contributed by atoms with Crippen LogP contribution >= 0.6 is 35.0 Å². The second-order valence-corrected chi connectivity index (χ2v) is 10.1. The summed E-state index contributed by atoms with van der Waals surface area (Å²) in [6.07, 6.45) is 2.53. The summed E-state index contributed by atoms with van der Waals surface area (Å²) in [4.78, 5) is 39.2. The fraction of sp³-hybridized carbons (Fsp3) is 0.179. The van der Waals surface area contributed by atoms with Crippen molar-refractivity contribution in [2.75, 3.05) is 19.0 Å². The fourth-order valence-corrected chi connectivity index (χ4v) is 4.82. The Hall–Kier alpha value is -3.46. The van der Waals surface area contributed by atoms with Crippen LogP contribution < -0.4 is 14.8 Å². The second-order valence-electron chi connectivity index (χ2n) is 8.31. The van der Waals surface area contributed by atoms with Crippen LogP contribution in [0.4, 0.5) is 10.5 Å². The number of carbonyl (C=O) groups is 3. The minimum Gasteiger partial charge on any atom is -0.493 e. The van der Waals surface area contributed by atoms with Gasteiger partial charge in [-0.05, 0) is 77.3 Å². The summed E-state index contributed by atoms with van der Waals surface area (Å²) in [5.74, 6) is 0.0350. The molecular formula is C28H24Cl2N2O5S. The Bertz CT molecular complexity index is 1410. The Morgan fingerprint density at radius 3 is 2.39 bits per heavy atom. The van der Waals surface area contributed by atoms with Crippen LogP contribution in [0, 0.1) is 0 Å². The smallest absolute Gasteiger partial charge is 0.293 e. The summed E-state index contributed by atoms with van der Waals surface area (Å²) in [6.45, 7) is 1.94. The number of nitrogens with zero attached hydrogens (tertiary/aromatic N) is 1. The van der Waals surface area contributed by atoms with E-state index in [1.54, 1.807) is 42.5 Å². The van der Waals surface area contributed by atoms with Gasteiger partial charge < -0.3 is 14.8 Å². The van der Waals surface area contributed by atoms with E-state index in [9.17, 15) is 14.4 Å². The lowest BCUT2D eigenvalue weighted by Crippen LogP contribution is -2.27. The second kappa shape index (κ2) is 12.4. The molecule has 1 N–H and O–H groups in total. The van der Waals surface area contributed by atoms with E-state index in [2.05, 4.69) is 12.2 Å². The van der Waals surface area contributed by atoms with Gasteiger partial charge >= 0.3 is 0 Å². The minimum absolute atomic E-state index is 0.0831. The van der Waals surface area contributed by atoms with Crippen LogP contribution in [-0.4, -0.2) is 35.7 Å². The fourth-order valence-electron chi connectivity index (χ4n) is 3.67. The Labute approximate surface area is 234 Å². The minimum atomic E-state index is -0.408. The first-order valence-electron chi connectivity index (χ1n) is 11.7. The van der Waals surface area contributed by atoms with Gasteiger partial charge in [0.25, 0.3) is 17.1 Å². The summed E-state index contributed by atoms with van der Waals surface area (Å²) < 4.78 is 11.1. The monoisotopic (exact) mass is 570 g/mol. The molecule has 1 fully saturated rings. The normalized spacial score (nSPS) is 14.2. The number of benzene rings is 3. The average Bonchev–Trinajstić information content (AvgIpc) is 3.17. The largest absolute Gasteiger partial charge is 0.493 e. The maximum Gasteiger partial charge on any atom is 0.293 e. The first-order chi connectivity index (χ1) is 18.3. The molecular weight excluding hydrogens is 547 g/mol. The number of carbonyl (C=O) groups excluding carboxylic acids is 3. The maximum absolute atomic E-state index is 12.9. The van der Waals surface area contributed by atoms with E-state index in [0.29, 0.717) is 38.4 Å². The number of ether oxygens (including phenoxy) is 2. The van der Waals surface area contributed by atoms with E-state index < -0.39 is 5.91 Å². The zero-order valence-electron chi connectivity index (χ0n) is 20.6. The number of hydrogen-bond acceptors (Lipinski definition) is 6. The SMILES string of the molecule is CCc1ccc(NC(=O)COc2ccc(/C=C3\SC(=O)N(Cc4ccc(Cl)c(Cl)c4)C3=O)cc2OC)cc1. The zero-order valence-corrected chi connectivity index (χ0v) is 23.0. The summed E-state index contributed by atoms with van der Waals surface area (Å²) in [6, 6.07) is 17.6. The van der Waals surface area contributed by atoms with Gasteiger partial charge in [0.15, 0.2) is 18.1 Å². The van der Waals surface area contributed by atoms with Gasteiger partial charge in [-0.1, -0.05) is 54.4 Å². The lowest BCUT2D eigenvalue weighted by Gasteiger charge is -2.13. The van der Waals surface area contributed by atoms with Crippen LogP contribution in [0.5, 0.6) is 11.5 Å². The van der Waals surface area contributed by atoms with Crippen molar-refractivity contribution >= 4 is 63.8 Å². The van der Waals surface area contributed by atoms with Crippen LogP contribution in [0.2, 0.25) is 10.0 Å². The number of hydrogen-bond donors (Lipinski definition) is 1. The van der Waals surface area contributed by atoms with E-state index in [1.807, 2.05) is 24.3 Å². The molecule has 0 spiro atoms. The predicted octanol–water partition coefficient (Wildman–Crippen LogP) is 6.82. The molecule has 0 aliphatic carbocycles. The third-order valence-corrected chi connectivity index (χ3v) is 7.33. The molecule has 1 saturated heterocycles. The highest BCUT2D eigenvalue weighted by Gasteiger charge is 2.35. The molecule has 38 heavy (non-hydrogen) atoms. The molecule has 1 aliphatic rings. The highest BCUT2D eigenvalue weighted by molar-refractivity contribution is 8.18. The van der Waals surface area contributed by atoms with E-state index in [4.69, 9.17) is 32.7 Å². The van der Waals surface area contributed by atoms with Gasteiger partial charge in [-0.3, -0.25) is 19.3 Å². The number of imide groups is 1. The predicted molar refractivity (Wildman–Crippen MR) is 151 cm³/mol. The van der Waals surface area contributed by atoms with Gasteiger partial charge in [-0.15, -0.1) is 0 Å². The van der Waals surface area contributed by atoms with Crippen molar-refractivity contribution in [1.82, 2.24) is 4.90 Å². The first-order valence-corrected chi connectivity index (χ1v) is 13.2. The quantitative estimate of drug-likeness (QED) is 0.284. The molecule has 0 unspecified atom stereocenters. The topological polar surface area (TPSA) is 84.9 Å². The highest BCUT2D eigenvalue weighted by atomic mass is 35.5. The van der Waals surface area contributed by atoms with Crippen LogP contribution in [0.1, 0.15) is 23.6 Å². The summed E-state index contributed by atoms with van der Waals surface area (Å²) in [5, 5.41) is 3.16. The van der Waals surface area contributed by atoms with Crippen LogP contribution in [0.3, 0.4) is 0 Å². The third kappa shape index (κ3) is 6.69. The molecule has 3 aromatic rings. The summed E-state index contributed by atoms with van der Waals surface area (Å²) in [5.41, 5.74) is 3.19. The van der Waals surface area contributed by atoms with Gasteiger partial charge in [-0.2, -0.15) is 0 Å². The number of nitrogens with one attached hydrogen (secondary N) is 1. The van der Waals surface area contributed by atoms with E-state index >= 15 is 0 Å². The molecule has 1 heterocycles. The summed E-state index contributed by atoms with van der Waals surface area (Å²) >= 11 is 12.9. The van der Waals surface area contributed by atoms with Gasteiger partial charge in [0.1, 0.15) is 0 Å². The van der Waals surface area contributed by atoms with Crippen molar-refractivity contribution in [3.63, 3.8) is 0 Å².